The number of hydrogen-bond donors (Lipinski definition) is 0. The van der Waals surface area contributed by atoms with Crippen LogP contribution in [-0.4, -0.2) is 37.7 Å². The van der Waals surface area contributed by atoms with Crippen LogP contribution < -0.4 is 0 Å². The molecule has 2 unspecified atom stereocenters. The van der Waals surface area contributed by atoms with Gasteiger partial charge in [-0.1, -0.05) is 36.4 Å². The Bertz CT molecular complexity index is 624. The van der Waals surface area contributed by atoms with Crippen molar-refractivity contribution in [3.8, 4) is 0 Å². The van der Waals surface area contributed by atoms with Gasteiger partial charge in [0, 0.05) is 13.2 Å². The third kappa shape index (κ3) is 5.68. The second kappa shape index (κ2) is 10.3. The van der Waals surface area contributed by atoms with Crippen molar-refractivity contribution in [2.45, 2.75) is 26.4 Å². The Morgan fingerprint density at radius 1 is 0.692 bits per heavy atom. The summed E-state index contributed by atoms with van der Waals surface area (Å²) in [5, 5.41) is 0. The predicted octanol–water partition coefficient (Wildman–Crippen LogP) is 3.43. The topological polar surface area (TPSA) is 71.1 Å². The fourth-order valence-corrected chi connectivity index (χ4v) is 2.16. The lowest BCUT2D eigenvalue weighted by atomic mass is 10.2. The molecular weight excluding hydrogens is 336 g/mol. The molecule has 0 bridgehead atoms. The van der Waals surface area contributed by atoms with Crippen LogP contribution >= 0.6 is 0 Å². The molecule has 0 N–H and O–H groups in total. The molecule has 6 nitrogen and oxygen atoms in total. The van der Waals surface area contributed by atoms with Crippen molar-refractivity contribution < 1.29 is 28.5 Å². The van der Waals surface area contributed by atoms with E-state index in [1.165, 1.54) is 0 Å². The number of esters is 2. The lowest BCUT2D eigenvalue weighted by Gasteiger charge is -2.26. The van der Waals surface area contributed by atoms with Crippen molar-refractivity contribution in [1.29, 1.82) is 0 Å². The zero-order valence-corrected chi connectivity index (χ0v) is 14.8. The number of carbonyl (C=O) groups excluding carboxylic acids is 2. The molecule has 0 saturated carbocycles. The van der Waals surface area contributed by atoms with E-state index in [1.807, 2.05) is 0 Å². The van der Waals surface area contributed by atoms with Crippen LogP contribution in [0.3, 0.4) is 0 Å². The second-order valence-electron chi connectivity index (χ2n) is 5.19. The van der Waals surface area contributed by atoms with E-state index in [2.05, 4.69) is 0 Å². The molecule has 6 heteroatoms. The predicted molar refractivity (Wildman–Crippen MR) is 94.5 cm³/mol. The molecule has 2 aromatic carbocycles. The number of benzene rings is 2. The van der Waals surface area contributed by atoms with E-state index in [9.17, 15) is 9.59 Å². The van der Waals surface area contributed by atoms with Crippen molar-refractivity contribution in [3.63, 3.8) is 0 Å². The molecule has 0 fully saturated rings. The standard InChI is InChI=1S/C20H22O6/c1-3-23-19(25-17(21)15-11-7-5-8-12-15)20(24-4-2)26-18(22)16-13-9-6-10-14-16/h5-14,19-20H,3-4H2,1-2H3. The maximum Gasteiger partial charge on any atom is 0.340 e. The Labute approximate surface area is 152 Å². The minimum absolute atomic E-state index is 0.249. The summed E-state index contributed by atoms with van der Waals surface area (Å²) in [5.41, 5.74) is 0.726. The van der Waals surface area contributed by atoms with Crippen LogP contribution in [0.4, 0.5) is 0 Å². The average molecular weight is 358 g/mol. The SMILES string of the molecule is CCOC(OC(=O)c1ccccc1)C(OCC)OC(=O)c1ccccc1. The molecule has 0 aromatic heterocycles. The highest BCUT2D eigenvalue weighted by Gasteiger charge is 2.31. The van der Waals surface area contributed by atoms with Crippen LogP contribution in [0.25, 0.3) is 0 Å². The highest BCUT2D eigenvalue weighted by atomic mass is 16.8. The summed E-state index contributed by atoms with van der Waals surface area (Å²) in [7, 11) is 0. The highest BCUT2D eigenvalue weighted by Crippen LogP contribution is 2.14. The van der Waals surface area contributed by atoms with Gasteiger partial charge in [-0.25, -0.2) is 9.59 Å². The summed E-state index contributed by atoms with van der Waals surface area (Å²) in [5.74, 6) is -1.19. The van der Waals surface area contributed by atoms with Crippen molar-refractivity contribution in [2.75, 3.05) is 13.2 Å². The van der Waals surface area contributed by atoms with E-state index in [0.29, 0.717) is 11.1 Å². The maximum absolute atomic E-state index is 12.3. The van der Waals surface area contributed by atoms with E-state index in [-0.39, 0.29) is 13.2 Å². The fourth-order valence-electron chi connectivity index (χ4n) is 2.16. The first kappa shape index (κ1) is 19.6. The van der Waals surface area contributed by atoms with Gasteiger partial charge in [0.1, 0.15) is 0 Å². The number of hydrogen-bond acceptors (Lipinski definition) is 6. The van der Waals surface area contributed by atoms with Crippen LogP contribution in [0.15, 0.2) is 60.7 Å². The molecule has 0 amide bonds. The summed E-state index contributed by atoms with van der Waals surface area (Å²) < 4.78 is 21.6. The smallest absolute Gasteiger partial charge is 0.340 e. The molecule has 2 aromatic rings. The molecule has 0 radical (unpaired) electrons. The summed E-state index contributed by atoms with van der Waals surface area (Å²) >= 11 is 0. The van der Waals surface area contributed by atoms with Crippen LogP contribution in [0.1, 0.15) is 34.6 Å². The van der Waals surface area contributed by atoms with Crippen molar-refractivity contribution in [1.82, 2.24) is 0 Å². The first-order valence-corrected chi connectivity index (χ1v) is 8.41. The van der Waals surface area contributed by atoms with Crippen LogP contribution in [0.2, 0.25) is 0 Å². The molecule has 0 aliphatic heterocycles. The Kier molecular flexibility index (Phi) is 7.79. The number of ether oxygens (including phenoxy) is 4. The number of carbonyl (C=O) groups is 2. The van der Waals surface area contributed by atoms with E-state index >= 15 is 0 Å². The first-order valence-electron chi connectivity index (χ1n) is 8.41. The van der Waals surface area contributed by atoms with Crippen LogP contribution in [0.5, 0.6) is 0 Å². The van der Waals surface area contributed by atoms with Gasteiger partial charge >= 0.3 is 11.9 Å². The molecule has 0 aliphatic rings. The lowest BCUT2D eigenvalue weighted by Crippen LogP contribution is -2.39. The Hall–Kier alpha value is -2.70. The van der Waals surface area contributed by atoms with Crippen molar-refractivity contribution in [3.05, 3.63) is 71.8 Å². The van der Waals surface area contributed by atoms with Gasteiger partial charge in [-0.05, 0) is 38.1 Å². The van der Waals surface area contributed by atoms with Gasteiger partial charge in [-0.2, -0.15) is 0 Å². The summed E-state index contributed by atoms with van der Waals surface area (Å²) in [4.78, 5) is 24.6. The molecule has 0 spiro atoms. The molecule has 0 heterocycles. The van der Waals surface area contributed by atoms with Crippen LogP contribution in [0, 0.1) is 0 Å². The molecule has 26 heavy (non-hydrogen) atoms. The monoisotopic (exact) mass is 358 g/mol. The molecule has 0 aliphatic carbocycles. The quantitative estimate of drug-likeness (QED) is 0.505. The van der Waals surface area contributed by atoms with Gasteiger partial charge < -0.3 is 18.9 Å². The Balaban J connectivity index is 2.11. The van der Waals surface area contributed by atoms with E-state index in [0.717, 1.165) is 0 Å². The largest absolute Gasteiger partial charge is 0.425 e. The summed E-state index contributed by atoms with van der Waals surface area (Å²) in [6, 6.07) is 17.0. The van der Waals surface area contributed by atoms with Crippen LogP contribution in [-0.2, 0) is 18.9 Å². The van der Waals surface area contributed by atoms with Gasteiger partial charge in [0.2, 0.25) is 0 Å². The minimum atomic E-state index is -1.18. The third-order valence-corrected chi connectivity index (χ3v) is 3.35. The Morgan fingerprint density at radius 2 is 1.04 bits per heavy atom. The van der Waals surface area contributed by atoms with Crippen molar-refractivity contribution in [2.24, 2.45) is 0 Å². The minimum Gasteiger partial charge on any atom is -0.425 e. The van der Waals surface area contributed by atoms with Gasteiger partial charge in [-0.3, -0.25) is 0 Å². The fraction of sp³-hybridized carbons (Fsp3) is 0.300. The van der Waals surface area contributed by atoms with E-state index < -0.39 is 24.5 Å². The molecule has 138 valence electrons. The first-order chi connectivity index (χ1) is 12.7. The zero-order chi connectivity index (χ0) is 18.8. The van der Waals surface area contributed by atoms with Gasteiger partial charge in [0.15, 0.2) is 0 Å². The molecule has 0 saturated heterocycles. The van der Waals surface area contributed by atoms with Gasteiger partial charge in [0.05, 0.1) is 11.1 Å². The highest BCUT2D eigenvalue weighted by molar-refractivity contribution is 5.90. The summed E-state index contributed by atoms with van der Waals surface area (Å²) in [6.45, 7) is 3.98. The average Bonchev–Trinajstić information content (AvgIpc) is 2.68. The van der Waals surface area contributed by atoms with E-state index in [1.54, 1.807) is 74.5 Å². The molecule has 2 rings (SSSR count). The van der Waals surface area contributed by atoms with Gasteiger partial charge in [0.25, 0.3) is 12.6 Å². The second-order valence-corrected chi connectivity index (χ2v) is 5.19. The summed E-state index contributed by atoms with van der Waals surface area (Å²) in [6.07, 6.45) is -2.36. The van der Waals surface area contributed by atoms with Crippen molar-refractivity contribution >= 4 is 11.9 Å². The van der Waals surface area contributed by atoms with E-state index in [4.69, 9.17) is 18.9 Å². The number of rotatable bonds is 9. The Morgan fingerprint density at radius 3 is 1.35 bits per heavy atom. The zero-order valence-electron chi connectivity index (χ0n) is 14.8. The third-order valence-electron chi connectivity index (χ3n) is 3.35. The lowest BCUT2D eigenvalue weighted by molar-refractivity contribution is -0.247. The normalized spacial score (nSPS) is 12.8. The molecular formula is C20H22O6. The molecule has 2 atom stereocenters. The maximum atomic E-state index is 12.3. The van der Waals surface area contributed by atoms with Gasteiger partial charge in [-0.15, -0.1) is 0 Å².